The molecule has 1 N–H and O–H groups in total. The first-order valence-electron chi connectivity index (χ1n) is 9.60. The van der Waals surface area contributed by atoms with E-state index < -0.39 is 0 Å². The maximum absolute atomic E-state index is 12.8. The normalized spacial score (nSPS) is 17.8. The number of urea groups is 1. The molecule has 2 aromatic heterocycles. The molecular formula is C20H29N5O. The van der Waals surface area contributed by atoms with Gasteiger partial charge in [0.05, 0.1) is 11.7 Å². The van der Waals surface area contributed by atoms with Crippen LogP contribution in [0.5, 0.6) is 0 Å². The fourth-order valence-electron chi connectivity index (χ4n) is 3.71. The van der Waals surface area contributed by atoms with Gasteiger partial charge in [0.1, 0.15) is 0 Å². The fourth-order valence-corrected chi connectivity index (χ4v) is 3.71. The quantitative estimate of drug-likeness (QED) is 0.833. The molecule has 1 atom stereocenters. The zero-order valence-electron chi connectivity index (χ0n) is 15.8. The third-order valence-electron chi connectivity index (χ3n) is 5.03. The number of aromatic nitrogens is 3. The number of hydrogen-bond donors (Lipinski definition) is 1. The monoisotopic (exact) mass is 355 g/mol. The Morgan fingerprint density at radius 3 is 2.77 bits per heavy atom. The van der Waals surface area contributed by atoms with Gasteiger partial charge in [-0.1, -0.05) is 12.8 Å². The number of hydrogen-bond acceptors (Lipinski definition) is 3. The molecule has 0 aliphatic carbocycles. The van der Waals surface area contributed by atoms with Gasteiger partial charge in [-0.15, -0.1) is 0 Å². The minimum atomic E-state index is 0.0436. The summed E-state index contributed by atoms with van der Waals surface area (Å²) in [5.41, 5.74) is 3.38. The molecule has 0 radical (unpaired) electrons. The lowest BCUT2D eigenvalue weighted by atomic mass is 10.0. The summed E-state index contributed by atoms with van der Waals surface area (Å²) in [6.45, 7) is 6.37. The van der Waals surface area contributed by atoms with Crippen LogP contribution in [-0.4, -0.2) is 38.8 Å². The average Bonchev–Trinajstić information content (AvgIpc) is 2.84. The van der Waals surface area contributed by atoms with Gasteiger partial charge < -0.3 is 10.2 Å². The Hall–Kier alpha value is -2.37. The van der Waals surface area contributed by atoms with E-state index in [0.717, 1.165) is 44.5 Å². The van der Waals surface area contributed by atoms with E-state index in [1.54, 1.807) is 0 Å². The minimum Gasteiger partial charge on any atom is -0.338 e. The lowest BCUT2D eigenvalue weighted by Crippen LogP contribution is -2.42. The van der Waals surface area contributed by atoms with Crippen molar-refractivity contribution >= 4 is 6.03 Å². The standard InChI is InChI=1S/C20H29N5O/c1-16-15-17(2)25(23-16)14-6-10-22-20(26)24-13-5-3-4-7-19(24)18-8-11-21-12-9-18/h8-9,11-12,15,19H,3-7,10,13-14H2,1-2H3,(H,22,26). The molecule has 3 heterocycles. The maximum Gasteiger partial charge on any atom is 0.317 e. The van der Waals surface area contributed by atoms with E-state index in [0.29, 0.717) is 6.54 Å². The highest BCUT2D eigenvalue weighted by molar-refractivity contribution is 5.74. The molecular weight excluding hydrogens is 326 g/mol. The largest absolute Gasteiger partial charge is 0.338 e. The van der Waals surface area contributed by atoms with Crippen molar-refractivity contribution in [1.29, 1.82) is 0 Å². The highest BCUT2D eigenvalue weighted by atomic mass is 16.2. The van der Waals surface area contributed by atoms with E-state index in [1.807, 2.05) is 41.0 Å². The maximum atomic E-state index is 12.8. The molecule has 0 bridgehead atoms. The highest BCUT2D eigenvalue weighted by Gasteiger charge is 2.26. The summed E-state index contributed by atoms with van der Waals surface area (Å²) in [6, 6.07) is 6.33. The number of pyridine rings is 1. The smallest absolute Gasteiger partial charge is 0.317 e. The summed E-state index contributed by atoms with van der Waals surface area (Å²) in [7, 11) is 0. The number of rotatable bonds is 5. The Morgan fingerprint density at radius 2 is 2.04 bits per heavy atom. The molecule has 1 unspecified atom stereocenters. The molecule has 140 valence electrons. The molecule has 3 rings (SSSR count). The van der Waals surface area contributed by atoms with Gasteiger partial charge in [0.15, 0.2) is 0 Å². The summed E-state index contributed by atoms with van der Waals surface area (Å²) >= 11 is 0. The van der Waals surface area contributed by atoms with Crippen LogP contribution in [0.25, 0.3) is 0 Å². The molecule has 0 aromatic carbocycles. The van der Waals surface area contributed by atoms with Crippen LogP contribution in [0.3, 0.4) is 0 Å². The third kappa shape index (κ3) is 4.62. The van der Waals surface area contributed by atoms with Crippen molar-refractivity contribution in [3.05, 3.63) is 47.5 Å². The van der Waals surface area contributed by atoms with Crippen molar-refractivity contribution in [3.8, 4) is 0 Å². The number of nitrogens with zero attached hydrogens (tertiary/aromatic N) is 4. The van der Waals surface area contributed by atoms with Crippen LogP contribution in [0.1, 0.15) is 55.1 Å². The van der Waals surface area contributed by atoms with Crippen molar-refractivity contribution in [2.24, 2.45) is 0 Å². The first-order chi connectivity index (χ1) is 12.6. The van der Waals surface area contributed by atoms with Gasteiger partial charge in [-0.25, -0.2) is 4.79 Å². The first-order valence-corrected chi connectivity index (χ1v) is 9.60. The summed E-state index contributed by atoms with van der Waals surface area (Å²) in [5, 5.41) is 7.58. The van der Waals surface area contributed by atoms with Crippen molar-refractivity contribution in [1.82, 2.24) is 25.0 Å². The van der Waals surface area contributed by atoms with Gasteiger partial charge in [0, 0.05) is 37.7 Å². The van der Waals surface area contributed by atoms with E-state index in [1.165, 1.54) is 17.7 Å². The lowest BCUT2D eigenvalue weighted by Gasteiger charge is -2.30. The van der Waals surface area contributed by atoms with Gasteiger partial charge >= 0.3 is 6.03 Å². The summed E-state index contributed by atoms with van der Waals surface area (Å²) < 4.78 is 2.01. The number of carbonyl (C=O) groups excluding carboxylic acids is 1. The fraction of sp³-hybridized carbons (Fsp3) is 0.550. The van der Waals surface area contributed by atoms with Gasteiger partial charge in [0.25, 0.3) is 0 Å². The Kier molecular flexibility index (Phi) is 6.26. The van der Waals surface area contributed by atoms with Crippen LogP contribution in [0.2, 0.25) is 0 Å². The molecule has 0 saturated carbocycles. The van der Waals surface area contributed by atoms with E-state index in [9.17, 15) is 4.79 Å². The summed E-state index contributed by atoms with van der Waals surface area (Å²) in [6.07, 6.45) is 8.93. The predicted molar refractivity (Wildman–Crippen MR) is 102 cm³/mol. The van der Waals surface area contributed by atoms with E-state index in [4.69, 9.17) is 0 Å². The molecule has 6 nitrogen and oxygen atoms in total. The molecule has 26 heavy (non-hydrogen) atoms. The second-order valence-corrected chi connectivity index (χ2v) is 7.07. The van der Waals surface area contributed by atoms with Gasteiger partial charge in [-0.2, -0.15) is 5.10 Å². The second kappa shape index (κ2) is 8.83. The highest BCUT2D eigenvalue weighted by Crippen LogP contribution is 2.29. The van der Waals surface area contributed by atoms with Crippen LogP contribution in [0.4, 0.5) is 4.79 Å². The minimum absolute atomic E-state index is 0.0436. The van der Waals surface area contributed by atoms with E-state index >= 15 is 0 Å². The Labute approximate surface area is 155 Å². The van der Waals surface area contributed by atoms with Gasteiger partial charge in [0.2, 0.25) is 0 Å². The summed E-state index contributed by atoms with van der Waals surface area (Å²) in [5.74, 6) is 0. The molecule has 6 heteroatoms. The average molecular weight is 355 g/mol. The van der Waals surface area contributed by atoms with Crippen LogP contribution >= 0.6 is 0 Å². The van der Waals surface area contributed by atoms with Crippen molar-refractivity contribution in [2.45, 2.75) is 58.5 Å². The van der Waals surface area contributed by atoms with Gasteiger partial charge in [-0.05, 0) is 56.9 Å². The van der Waals surface area contributed by atoms with Crippen molar-refractivity contribution in [2.75, 3.05) is 13.1 Å². The SMILES string of the molecule is Cc1cc(C)n(CCCNC(=O)N2CCCCCC2c2ccncc2)n1. The zero-order chi connectivity index (χ0) is 18.4. The third-order valence-corrected chi connectivity index (χ3v) is 5.03. The second-order valence-electron chi connectivity index (χ2n) is 7.07. The van der Waals surface area contributed by atoms with Crippen LogP contribution < -0.4 is 5.32 Å². The van der Waals surface area contributed by atoms with E-state index in [-0.39, 0.29) is 12.1 Å². The topological polar surface area (TPSA) is 63.1 Å². The molecule has 1 aliphatic rings. The molecule has 2 aromatic rings. The Morgan fingerprint density at radius 1 is 1.23 bits per heavy atom. The number of likely N-dealkylation sites (tertiary alicyclic amines) is 1. The predicted octanol–water partition coefficient (Wildman–Crippen LogP) is 3.61. The molecule has 1 aliphatic heterocycles. The summed E-state index contributed by atoms with van der Waals surface area (Å²) in [4.78, 5) is 18.9. The molecule has 0 spiro atoms. The Balaban J connectivity index is 1.55. The number of amides is 2. The van der Waals surface area contributed by atoms with Crippen molar-refractivity contribution in [3.63, 3.8) is 0 Å². The van der Waals surface area contributed by atoms with Crippen LogP contribution in [0, 0.1) is 13.8 Å². The van der Waals surface area contributed by atoms with Crippen molar-refractivity contribution < 1.29 is 4.79 Å². The molecule has 1 saturated heterocycles. The van der Waals surface area contributed by atoms with Gasteiger partial charge in [-0.3, -0.25) is 9.67 Å². The molecule has 1 fully saturated rings. The Bertz CT molecular complexity index is 712. The molecule has 2 amide bonds. The van der Waals surface area contributed by atoms with Crippen LogP contribution in [0.15, 0.2) is 30.6 Å². The zero-order valence-corrected chi connectivity index (χ0v) is 15.8. The van der Waals surface area contributed by atoms with Crippen LogP contribution in [-0.2, 0) is 6.54 Å². The number of carbonyl (C=O) groups is 1. The van der Waals surface area contributed by atoms with E-state index in [2.05, 4.69) is 28.4 Å². The lowest BCUT2D eigenvalue weighted by molar-refractivity contribution is 0.175. The first kappa shape index (κ1) is 18.4. The number of nitrogens with one attached hydrogen (secondary N) is 1. The number of aryl methyl sites for hydroxylation is 3.